The highest BCUT2D eigenvalue weighted by atomic mass is 15.0. The summed E-state index contributed by atoms with van der Waals surface area (Å²) < 4.78 is 0. The molecule has 0 saturated heterocycles. The maximum absolute atomic E-state index is 5.17. The largest absolute Gasteiger partial charge is 0.367 e. The third-order valence-corrected chi connectivity index (χ3v) is 5.23. The second-order valence-electron chi connectivity index (χ2n) is 7.06. The number of rotatable bonds is 3. The zero-order valence-electron chi connectivity index (χ0n) is 14.0. The maximum Gasteiger partial charge on any atom is 0.129 e. The third-order valence-electron chi connectivity index (χ3n) is 5.23. The van der Waals surface area contributed by atoms with Crippen LogP contribution in [0.25, 0.3) is 0 Å². The Morgan fingerprint density at radius 2 is 1.55 bits per heavy atom. The summed E-state index contributed by atoms with van der Waals surface area (Å²) in [6, 6.07) is 9.84. The van der Waals surface area contributed by atoms with Crippen LogP contribution in [0, 0.1) is 6.92 Å². The highest BCUT2D eigenvalue weighted by Crippen LogP contribution is 2.23. The zero-order valence-corrected chi connectivity index (χ0v) is 14.0. The van der Waals surface area contributed by atoms with Crippen LogP contribution in [0.5, 0.6) is 0 Å². The molecule has 120 valence electrons. The SMILES string of the molecule is Cc1ccccc1C(=NC1CCCCC1)NC1CCCCC1. The van der Waals surface area contributed by atoms with Crippen LogP contribution in [0.3, 0.4) is 0 Å². The molecular weight excluding hydrogens is 268 g/mol. The van der Waals surface area contributed by atoms with Gasteiger partial charge in [0, 0.05) is 11.6 Å². The van der Waals surface area contributed by atoms with Gasteiger partial charge in [-0.05, 0) is 38.2 Å². The summed E-state index contributed by atoms with van der Waals surface area (Å²) in [5, 5.41) is 3.81. The Morgan fingerprint density at radius 1 is 0.909 bits per heavy atom. The lowest BCUT2D eigenvalue weighted by Gasteiger charge is -2.27. The van der Waals surface area contributed by atoms with Gasteiger partial charge in [0.05, 0.1) is 6.04 Å². The molecule has 0 heterocycles. The molecule has 2 aliphatic rings. The number of hydrogen-bond acceptors (Lipinski definition) is 1. The monoisotopic (exact) mass is 298 g/mol. The topological polar surface area (TPSA) is 24.4 Å². The van der Waals surface area contributed by atoms with Crippen molar-refractivity contribution < 1.29 is 0 Å². The van der Waals surface area contributed by atoms with Gasteiger partial charge in [0.1, 0.15) is 5.84 Å². The molecular formula is C20H30N2. The molecule has 0 bridgehead atoms. The molecule has 0 aromatic heterocycles. The third kappa shape index (κ3) is 4.12. The number of aliphatic imine (C=N–C) groups is 1. The molecule has 1 aromatic rings. The van der Waals surface area contributed by atoms with Gasteiger partial charge in [-0.2, -0.15) is 0 Å². The zero-order chi connectivity index (χ0) is 15.2. The van der Waals surface area contributed by atoms with Crippen molar-refractivity contribution in [2.24, 2.45) is 4.99 Å². The smallest absolute Gasteiger partial charge is 0.129 e. The molecule has 1 N–H and O–H groups in total. The molecule has 3 rings (SSSR count). The molecule has 2 nitrogen and oxygen atoms in total. The van der Waals surface area contributed by atoms with Gasteiger partial charge < -0.3 is 5.32 Å². The molecule has 22 heavy (non-hydrogen) atoms. The molecule has 0 aliphatic heterocycles. The van der Waals surface area contributed by atoms with Gasteiger partial charge in [0.15, 0.2) is 0 Å². The van der Waals surface area contributed by atoms with E-state index in [0.29, 0.717) is 12.1 Å². The molecule has 0 amide bonds. The van der Waals surface area contributed by atoms with Crippen LogP contribution in [0.15, 0.2) is 29.3 Å². The number of nitrogens with zero attached hydrogens (tertiary/aromatic N) is 1. The van der Waals surface area contributed by atoms with Crippen LogP contribution >= 0.6 is 0 Å². The van der Waals surface area contributed by atoms with E-state index in [2.05, 4.69) is 36.5 Å². The normalized spacial score (nSPS) is 21.8. The predicted octanol–water partition coefficient (Wildman–Crippen LogP) is 5.00. The van der Waals surface area contributed by atoms with E-state index in [1.807, 2.05) is 0 Å². The van der Waals surface area contributed by atoms with Gasteiger partial charge in [0.2, 0.25) is 0 Å². The van der Waals surface area contributed by atoms with E-state index in [1.54, 1.807) is 0 Å². The van der Waals surface area contributed by atoms with Crippen LogP contribution in [0.1, 0.15) is 75.3 Å². The molecule has 0 atom stereocenters. The Bertz CT molecular complexity index is 494. The average Bonchev–Trinajstić information content (AvgIpc) is 2.57. The lowest BCUT2D eigenvalue weighted by atomic mass is 9.94. The van der Waals surface area contributed by atoms with E-state index in [1.165, 1.54) is 75.3 Å². The Morgan fingerprint density at radius 3 is 2.23 bits per heavy atom. The first kappa shape index (κ1) is 15.6. The first-order chi connectivity index (χ1) is 10.8. The summed E-state index contributed by atoms with van der Waals surface area (Å²) in [7, 11) is 0. The summed E-state index contributed by atoms with van der Waals surface area (Å²) >= 11 is 0. The summed E-state index contributed by atoms with van der Waals surface area (Å²) in [5.41, 5.74) is 2.64. The van der Waals surface area contributed by atoms with Crippen molar-refractivity contribution in [3.05, 3.63) is 35.4 Å². The van der Waals surface area contributed by atoms with Crippen LogP contribution in [0.4, 0.5) is 0 Å². The van der Waals surface area contributed by atoms with Crippen LogP contribution in [0.2, 0.25) is 0 Å². The lowest BCUT2D eigenvalue weighted by molar-refractivity contribution is 0.409. The molecule has 0 spiro atoms. The van der Waals surface area contributed by atoms with Crippen molar-refractivity contribution in [3.8, 4) is 0 Å². The summed E-state index contributed by atoms with van der Waals surface area (Å²) in [4.78, 5) is 5.17. The second kappa shape index (κ2) is 7.80. The molecule has 2 heteroatoms. The maximum atomic E-state index is 5.17. The van der Waals surface area contributed by atoms with E-state index in [-0.39, 0.29) is 0 Å². The Labute approximate surface area is 135 Å². The quantitative estimate of drug-likeness (QED) is 0.616. The van der Waals surface area contributed by atoms with Crippen LogP contribution < -0.4 is 5.32 Å². The Balaban J connectivity index is 1.80. The van der Waals surface area contributed by atoms with Crippen molar-refractivity contribution in [3.63, 3.8) is 0 Å². The number of nitrogens with one attached hydrogen (secondary N) is 1. The minimum Gasteiger partial charge on any atom is -0.367 e. The first-order valence-electron chi connectivity index (χ1n) is 9.23. The number of hydrogen-bond donors (Lipinski definition) is 1. The van der Waals surface area contributed by atoms with Crippen molar-refractivity contribution in [2.45, 2.75) is 83.2 Å². The fourth-order valence-electron chi connectivity index (χ4n) is 3.86. The summed E-state index contributed by atoms with van der Waals surface area (Å²) in [6.45, 7) is 2.20. The van der Waals surface area contributed by atoms with Crippen molar-refractivity contribution >= 4 is 5.84 Å². The molecule has 0 radical (unpaired) electrons. The summed E-state index contributed by atoms with van der Waals surface area (Å²) in [5.74, 6) is 1.16. The molecule has 1 aromatic carbocycles. The molecule has 2 fully saturated rings. The fraction of sp³-hybridized carbons (Fsp3) is 0.650. The van der Waals surface area contributed by atoms with E-state index in [4.69, 9.17) is 4.99 Å². The van der Waals surface area contributed by atoms with Gasteiger partial charge in [-0.3, -0.25) is 4.99 Å². The minimum absolute atomic E-state index is 0.527. The molecule has 0 unspecified atom stereocenters. The van der Waals surface area contributed by atoms with E-state index < -0.39 is 0 Å². The minimum atomic E-state index is 0.527. The number of benzene rings is 1. The van der Waals surface area contributed by atoms with Gasteiger partial charge in [0.25, 0.3) is 0 Å². The summed E-state index contributed by atoms with van der Waals surface area (Å²) in [6.07, 6.45) is 13.3. The van der Waals surface area contributed by atoms with Crippen LogP contribution in [-0.2, 0) is 0 Å². The predicted molar refractivity (Wildman–Crippen MR) is 94.6 cm³/mol. The highest BCUT2D eigenvalue weighted by Gasteiger charge is 2.19. The van der Waals surface area contributed by atoms with Gasteiger partial charge in [-0.25, -0.2) is 0 Å². The van der Waals surface area contributed by atoms with Crippen LogP contribution in [-0.4, -0.2) is 17.9 Å². The van der Waals surface area contributed by atoms with Crippen molar-refractivity contribution in [1.29, 1.82) is 0 Å². The van der Waals surface area contributed by atoms with Gasteiger partial charge >= 0.3 is 0 Å². The molecule has 2 aliphatic carbocycles. The number of aryl methyl sites for hydroxylation is 1. The van der Waals surface area contributed by atoms with Crippen molar-refractivity contribution in [2.75, 3.05) is 0 Å². The Hall–Kier alpha value is -1.31. The van der Waals surface area contributed by atoms with Gasteiger partial charge in [-0.15, -0.1) is 0 Å². The van der Waals surface area contributed by atoms with Crippen molar-refractivity contribution in [1.82, 2.24) is 5.32 Å². The fourth-order valence-corrected chi connectivity index (χ4v) is 3.86. The van der Waals surface area contributed by atoms with Gasteiger partial charge in [-0.1, -0.05) is 62.8 Å². The van der Waals surface area contributed by atoms with E-state index in [0.717, 1.165) is 5.84 Å². The highest BCUT2D eigenvalue weighted by molar-refractivity contribution is 6.00. The molecule has 2 saturated carbocycles. The number of amidine groups is 1. The lowest BCUT2D eigenvalue weighted by Crippen LogP contribution is -2.38. The second-order valence-corrected chi connectivity index (χ2v) is 7.06. The first-order valence-corrected chi connectivity index (χ1v) is 9.23. The Kier molecular flexibility index (Phi) is 5.53. The average molecular weight is 298 g/mol. The standard InChI is InChI=1S/C20H30N2/c1-16-10-8-9-15-19(16)20(21-17-11-4-2-5-12-17)22-18-13-6-3-7-14-18/h8-10,15,17-18H,2-7,11-14H2,1H3,(H,21,22). The van der Waals surface area contributed by atoms with E-state index in [9.17, 15) is 0 Å². The van der Waals surface area contributed by atoms with E-state index >= 15 is 0 Å².